The Morgan fingerprint density at radius 3 is 2.59 bits per heavy atom. The van der Waals surface area contributed by atoms with E-state index in [2.05, 4.69) is 24.5 Å². The minimum atomic E-state index is 0.0946. The lowest BCUT2D eigenvalue weighted by molar-refractivity contribution is 0.210. The van der Waals surface area contributed by atoms with E-state index in [1.807, 2.05) is 4.90 Å². The van der Waals surface area contributed by atoms with Gasteiger partial charge >= 0.3 is 6.03 Å². The first-order valence-electron chi connectivity index (χ1n) is 6.91. The molecule has 98 valence electrons. The maximum absolute atomic E-state index is 11.3. The first-order chi connectivity index (χ1) is 8.15. The lowest BCUT2D eigenvalue weighted by Crippen LogP contribution is -2.41. The third-order valence-electron chi connectivity index (χ3n) is 3.94. The molecule has 1 saturated heterocycles. The van der Waals surface area contributed by atoms with Crippen molar-refractivity contribution in [3.05, 3.63) is 0 Å². The standard InChI is InChI=1S/C13H25N3O/c1-10-7-11(2)9-12(8-10)14-3-5-16-6-4-15-13(16)17/h10-12,14H,3-9H2,1-2H3,(H,15,17). The van der Waals surface area contributed by atoms with E-state index < -0.39 is 0 Å². The molecule has 4 nitrogen and oxygen atoms in total. The number of hydrogen-bond donors (Lipinski definition) is 2. The summed E-state index contributed by atoms with van der Waals surface area (Å²) in [7, 11) is 0. The average molecular weight is 239 g/mol. The summed E-state index contributed by atoms with van der Waals surface area (Å²) in [4.78, 5) is 13.2. The molecule has 2 fully saturated rings. The van der Waals surface area contributed by atoms with E-state index in [1.165, 1.54) is 19.3 Å². The van der Waals surface area contributed by atoms with Gasteiger partial charge in [0.2, 0.25) is 0 Å². The van der Waals surface area contributed by atoms with Gasteiger partial charge in [0, 0.05) is 32.2 Å². The largest absolute Gasteiger partial charge is 0.336 e. The molecule has 2 amide bonds. The zero-order valence-corrected chi connectivity index (χ0v) is 11.0. The van der Waals surface area contributed by atoms with Gasteiger partial charge in [-0.3, -0.25) is 0 Å². The summed E-state index contributed by atoms with van der Waals surface area (Å²) < 4.78 is 0. The molecule has 1 aliphatic heterocycles. The van der Waals surface area contributed by atoms with Gasteiger partial charge in [0.05, 0.1) is 0 Å². The molecule has 0 bridgehead atoms. The van der Waals surface area contributed by atoms with Crippen LogP contribution < -0.4 is 10.6 Å². The molecular weight excluding hydrogens is 214 g/mol. The van der Waals surface area contributed by atoms with Crippen LogP contribution in [0.25, 0.3) is 0 Å². The van der Waals surface area contributed by atoms with E-state index in [-0.39, 0.29) is 6.03 Å². The molecule has 2 aliphatic rings. The molecule has 0 radical (unpaired) electrons. The summed E-state index contributed by atoms with van der Waals surface area (Å²) >= 11 is 0. The van der Waals surface area contributed by atoms with Crippen molar-refractivity contribution < 1.29 is 4.79 Å². The van der Waals surface area contributed by atoms with Crippen molar-refractivity contribution in [1.82, 2.24) is 15.5 Å². The first-order valence-corrected chi connectivity index (χ1v) is 6.91. The van der Waals surface area contributed by atoms with Crippen molar-refractivity contribution in [2.75, 3.05) is 26.2 Å². The molecule has 0 aromatic carbocycles. The van der Waals surface area contributed by atoms with Crippen LogP contribution in [0.15, 0.2) is 0 Å². The molecule has 1 heterocycles. The zero-order chi connectivity index (χ0) is 12.3. The Balaban J connectivity index is 1.66. The Morgan fingerprint density at radius 1 is 1.29 bits per heavy atom. The highest BCUT2D eigenvalue weighted by atomic mass is 16.2. The first kappa shape index (κ1) is 12.7. The third-order valence-corrected chi connectivity index (χ3v) is 3.94. The monoisotopic (exact) mass is 239 g/mol. The van der Waals surface area contributed by atoms with Crippen molar-refractivity contribution >= 4 is 6.03 Å². The summed E-state index contributed by atoms with van der Waals surface area (Å²) in [6.07, 6.45) is 3.94. The lowest BCUT2D eigenvalue weighted by Gasteiger charge is -2.32. The fraction of sp³-hybridized carbons (Fsp3) is 0.923. The van der Waals surface area contributed by atoms with E-state index in [0.29, 0.717) is 6.04 Å². The quantitative estimate of drug-likeness (QED) is 0.779. The van der Waals surface area contributed by atoms with E-state index in [0.717, 1.165) is 38.0 Å². The van der Waals surface area contributed by atoms with Gasteiger partial charge in [0.1, 0.15) is 0 Å². The van der Waals surface area contributed by atoms with Crippen LogP contribution in [0.2, 0.25) is 0 Å². The van der Waals surface area contributed by atoms with Gasteiger partial charge in [-0.15, -0.1) is 0 Å². The highest BCUT2D eigenvalue weighted by Crippen LogP contribution is 2.28. The van der Waals surface area contributed by atoms with Crippen molar-refractivity contribution in [2.24, 2.45) is 11.8 Å². The van der Waals surface area contributed by atoms with Crippen LogP contribution in [0.3, 0.4) is 0 Å². The SMILES string of the molecule is CC1CC(C)CC(NCCN2CCNC2=O)C1. The Labute approximate surface area is 104 Å². The summed E-state index contributed by atoms with van der Waals surface area (Å²) in [5.74, 6) is 1.68. The van der Waals surface area contributed by atoms with E-state index in [9.17, 15) is 4.79 Å². The maximum Gasteiger partial charge on any atom is 0.317 e. The fourth-order valence-electron chi connectivity index (χ4n) is 3.24. The second-order valence-electron chi connectivity index (χ2n) is 5.79. The van der Waals surface area contributed by atoms with Crippen LogP contribution in [0.5, 0.6) is 0 Å². The number of carbonyl (C=O) groups is 1. The van der Waals surface area contributed by atoms with Gasteiger partial charge in [-0.2, -0.15) is 0 Å². The molecule has 2 atom stereocenters. The average Bonchev–Trinajstić information content (AvgIpc) is 2.63. The molecule has 0 aromatic heterocycles. The van der Waals surface area contributed by atoms with Crippen LogP contribution in [-0.4, -0.2) is 43.2 Å². The highest BCUT2D eigenvalue weighted by Gasteiger charge is 2.24. The number of rotatable bonds is 4. The van der Waals surface area contributed by atoms with Gasteiger partial charge in [-0.1, -0.05) is 13.8 Å². The maximum atomic E-state index is 11.3. The van der Waals surface area contributed by atoms with E-state index >= 15 is 0 Å². The number of urea groups is 1. The number of carbonyl (C=O) groups excluding carboxylic acids is 1. The van der Waals surface area contributed by atoms with E-state index in [4.69, 9.17) is 0 Å². The molecule has 17 heavy (non-hydrogen) atoms. The smallest absolute Gasteiger partial charge is 0.317 e. The van der Waals surface area contributed by atoms with Gasteiger partial charge in [0.15, 0.2) is 0 Å². The van der Waals surface area contributed by atoms with Crippen LogP contribution in [0, 0.1) is 11.8 Å². The molecule has 2 rings (SSSR count). The van der Waals surface area contributed by atoms with Crippen LogP contribution in [0.4, 0.5) is 4.79 Å². The Hall–Kier alpha value is -0.770. The van der Waals surface area contributed by atoms with Crippen molar-refractivity contribution in [3.8, 4) is 0 Å². The number of nitrogens with one attached hydrogen (secondary N) is 2. The lowest BCUT2D eigenvalue weighted by atomic mass is 9.80. The van der Waals surface area contributed by atoms with Crippen molar-refractivity contribution in [1.29, 1.82) is 0 Å². The Kier molecular flexibility index (Phi) is 4.26. The summed E-state index contributed by atoms with van der Waals surface area (Å²) in [5.41, 5.74) is 0. The Morgan fingerprint density at radius 2 is 2.00 bits per heavy atom. The molecule has 0 aromatic rings. The van der Waals surface area contributed by atoms with Crippen LogP contribution in [0.1, 0.15) is 33.1 Å². The van der Waals surface area contributed by atoms with Crippen LogP contribution in [-0.2, 0) is 0 Å². The highest BCUT2D eigenvalue weighted by molar-refractivity contribution is 5.76. The minimum Gasteiger partial charge on any atom is -0.336 e. The number of amides is 2. The molecule has 2 unspecified atom stereocenters. The molecule has 1 saturated carbocycles. The normalized spacial score (nSPS) is 33.9. The van der Waals surface area contributed by atoms with Crippen LogP contribution >= 0.6 is 0 Å². The Bertz CT molecular complexity index is 259. The minimum absolute atomic E-state index is 0.0946. The summed E-state index contributed by atoms with van der Waals surface area (Å²) in [6, 6.07) is 0.747. The van der Waals surface area contributed by atoms with Gasteiger partial charge in [-0.25, -0.2) is 4.79 Å². The van der Waals surface area contributed by atoms with Gasteiger partial charge in [0.25, 0.3) is 0 Å². The zero-order valence-electron chi connectivity index (χ0n) is 11.0. The summed E-state index contributed by atoms with van der Waals surface area (Å²) in [6.45, 7) is 8.12. The number of hydrogen-bond acceptors (Lipinski definition) is 2. The molecule has 4 heteroatoms. The predicted octanol–water partition coefficient (Wildman–Crippen LogP) is 1.43. The van der Waals surface area contributed by atoms with Gasteiger partial charge < -0.3 is 15.5 Å². The molecular formula is C13H25N3O. The fourth-order valence-corrected chi connectivity index (χ4v) is 3.24. The third kappa shape index (κ3) is 3.60. The van der Waals surface area contributed by atoms with E-state index in [1.54, 1.807) is 0 Å². The summed E-state index contributed by atoms with van der Waals surface area (Å²) in [5, 5.41) is 6.44. The number of nitrogens with zero attached hydrogens (tertiary/aromatic N) is 1. The van der Waals surface area contributed by atoms with Gasteiger partial charge in [-0.05, 0) is 31.1 Å². The molecule has 0 spiro atoms. The van der Waals surface area contributed by atoms with Crippen molar-refractivity contribution in [2.45, 2.75) is 39.2 Å². The second-order valence-corrected chi connectivity index (χ2v) is 5.79. The molecule has 2 N–H and O–H groups in total. The predicted molar refractivity (Wildman–Crippen MR) is 68.9 cm³/mol. The molecule has 1 aliphatic carbocycles. The topological polar surface area (TPSA) is 44.4 Å². The second kappa shape index (κ2) is 5.71. The van der Waals surface area contributed by atoms with Crippen molar-refractivity contribution in [3.63, 3.8) is 0 Å².